The number of nitrogens with zero attached hydrogens (tertiary/aromatic N) is 2. The van der Waals surface area contributed by atoms with Crippen molar-refractivity contribution in [3.05, 3.63) is 54.1 Å². The second-order valence-corrected chi connectivity index (χ2v) is 8.49. The van der Waals surface area contributed by atoms with E-state index in [4.69, 9.17) is 0 Å². The van der Waals surface area contributed by atoms with Crippen LogP contribution >= 0.6 is 0 Å². The second kappa shape index (κ2) is 8.00. The van der Waals surface area contributed by atoms with Gasteiger partial charge in [0.25, 0.3) is 10.0 Å². The van der Waals surface area contributed by atoms with Crippen molar-refractivity contribution in [3.63, 3.8) is 0 Å². The lowest BCUT2D eigenvalue weighted by atomic mass is 10.2. The SMILES string of the molecule is CC(=O)N1CCCN(c2ccc(NS(=O)(=O)c3ccc(C)cc3)cc2)CC1. The highest BCUT2D eigenvalue weighted by molar-refractivity contribution is 7.92. The third-order valence-electron chi connectivity index (χ3n) is 4.76. The van der Waals surface area contributed by atoms with Gasteiger partial charge in [0, 0.05) is 44.5 Å². The predicted molar refractivity (Wildman–Crippen MR) is 108 cm³/mol. The molecule has 1 N–H and O–H groups in total. The average Bonchev–Trinajstić information content (AvgIpc) is 2.89. The minimum absolute atomic E-state index is 0.109. The number of sulfonamides is 1. The lowest BCUT2D eigenvalue weighted by Crippen LogP contribution is -2.33. The number of benzene rings is 2. The first-order valence-electron chi connectivity index (χ1n) is 9.05. The van der Waals surface area contributed by atoms with Gasteiger partial charge in [-0.05, 0) is 49.7 Å². The summed E-state index contributed by atoms with van der Waals surface area (Å²) < 4.78 is 27.6. The molecule has 0 spiro atoms. The van der Waals surface area contributed by atoms with E-state index in [2.05, 4.69) is 9.62 Å². The zero-order valence-corrected chi connectivity index (χ0v) is 16.5. The van der Waals surface area contributed by atoms with Crippen molar-refractivity contribution in [1.82, 2.24) is 4.90 Å². The third-order valence-corrected chi connectivity index (χ3v) is 6.15. The maximum atomic E-state index is 12.5. The predicted octanol–water partition coefficient (Wildman–Crippen LogP) is 2.85. The van der Waals surface area contributed by atoms with Crippen molar-refractivity contribution >= 4 is 27.3 Å². The highest BCUT2D eigenvalue weighted by Crippen LogP contribution is 2.22. The van der Waals surface area contributed by atoms with Gasteiger partial charge >= 0.3 is 0 Å². The number of hydrogen-bond donors (Lipinski definition) is 1. The van der Waals surface area contributed by atoms with Crippen LogP contribution in [0.3, 0.4) is 0 Å². The third kappa shape index (κ3) is 4.80. The summed E-state index contributed by atoms with van der Waals surface area (Å²) in [4.78, 5) is 15.9. The van der Waals surface area contributed by atoms with E-state index in [1.54, 1.807) is 43.3 Å². The number of amides is 1. The molecule has 1 aliphatic rings. The van der Waals surface area contributed by atoms with E-state index in [9.17, 15) is 13.2 Å². The molecule has 1 fully saturated rings. The molecule has 0 unspecified atom stereocenters. The molecule has 7 heteroatoms. The summed E-state index contributed by atoms with van der Waals surface area (Å²) in [6.45, 7) is 6.65. The van der Waals surface area contributed by atoms with Crippen molar-refractivity contribution in [1.29, 1.82) is 0 Å². The van der Waals surface area contributed by atoms with Gasteiger partial charge in [-0.2, -0.15) is 0 Å². The van der Waals surface area contributed by atoms with Gasteiger partial charge in [0.15, 0.2) is 0 Å². The molecule has 1 amide bonds. The lowest BCUT2D eigenvalue weighted by Gasteiger charge is -2.23. The molecule has 27 heavy (non-hydrogen) atoms. The molecule has 144 valence electrons. The molecule has 1 aliphatic heterocycles. The van der Waals surface area contributed by atoms with E-state index >= 15 is 0 Å². The Morgan fingerprint density at radius 1 is 0.926 bits per heavy atom. The standard InChI is InChI=1S/C20H25N3O3S/c1-16-4-10-20(11-5-16)27(25,26)21-18-6-8-19(9-7-18)23-13-3-12-22(14-15-23)17(2)24/h4-11,21H,3,12-15H2,1-2H3. The fraction of sp³-hybridized carbons (Fsp3) is 0.350. The Kier molecular flexibility index (Phi) is 5.70. The van der Waals surface area contributed by atoms with E-state index < -0.39 is 10.0 Å². The molecule has 1 heterocycles. The fourth-order valence-corrected chi connectivity index (χ4v) is 4.22. The van der Waals surface area contributed by atoms with E-state index in [0.29, 0.717) is 12.2 Å². The van der Waals surface area contributed by atoms with Gasteiger partial charge < -0.3 is 9.80 Å². The molecule has 0 saturated carbocycles. The van der Waals surface area contributed by atoms with Crippen molar-refractivity contribution in [2.75, 3.05) is 35.8 Å². The van der Waals surface area contributed by atoms with Crippen molar-refractivity contribution in [3.8, 4) is 0 Å². The largest absolute Gasteiger partial charge is 0.370 e. The van der Waals surface area contributed by atoms with E-state index in [0.717, 1.165) is 37.3 Å². The van der Waals surface area contributed by atoms with Crippen molar-refractivity contribution < 1.29 is 13.2 Å². The van der Waals surface area contributed by atoms with Gasteiger partial charge in [-0.3, -0.25) is 9.52 Å². The number of carbonyl (C=O) groups excluding carboxylic acids is 1. The van der Waals surface area contributed by atoms with Gasteiger partial charge in [-0.1, -0.05) is 17.7 Å². The van der Waals surface area contributed by atoms with Crippen LogP contribution in [-0.4, -0.2) is 45.4 Å². The summed E-state index contributed by atoms with van der Waals surface area (Å²) in [5, 5.41) is 0. The van der Waals surface area contributed by atoms with Crippen molar-refractivity contribution in [2.24, 2.45) is 0 Å². The van der Waals surface area contributed by atoms with Crippen LogP contribution in [0.15, 0.2) is 53.4 Å². The summed E-state index contributed by atoms with van der Waals surface area (Å²) in [7, 11) is -3.60. The quantitative estimate of drug-likeness (QED) is 0.876. The minimum atomic E-state index is -3.60. The summed E-state index contributed by atoms with van der Waals surface area (Å²) >= 11 is 0. The van der Waals surface area contributed by atoms with E-state index in [-0.39, 0.29) is 10.8 Å². The number of rotatable bonds is 4. The number of nitrogens with one attached hydrogen (secondary N) is 1. The maximum absolute atomic E-state index is 12.5. The monoisotopic (exact) mass is 387 g/mol. The van der Waals surface area contributed by atoms with Crippen LogP contribution in [0.1, 0.15) is 18.9 Å². The Bertz CT molecular complexity index is 893. The van der Waals surface area contributed by atoms with E-state index in [1.165, 1.54) is 0 Å². The Morgan fingerprint density at radius 3 is 2.22 bits per heavy atom. The van der Waals surface area contributed by atoms with Gasteiger partial charge in [-0.25, -0.2) is 8.42 Å². The molecule has 0 aromatic heterocycles. The molecule has 2 aromatic carbocycles. The van der Waals surface area contributed by atoms with E-state index in [1.807, 2.05) is 24.0 Å². The first-order chi connectivity index (χ1) is 12.8. The molecule has 0 aliphatic carbocycles. The molecule has 6 nitrogen and oxygen atoms in total. The molecular formula is C20H25N3O3S. The lowest BCUT2D eigenvalue weighted by molar-refractivity contribution is -0.128. The number of aryl methyl sites for hydroxylation is 1. The molecule has 2 aromatic rings. The molecule has 3 rings (SSSR count). The normalized spacial score (nSPS) is 15.3. The summed E-state index contributed by atoms with van der Waals surface area (Å²) in [5.74, 6) is 0.109. The van der Waals surface area contributed by atoms with Crippen LogP contribution < -0.4 is 9.62 Å². The minimum Gasteiger partial charge on any atom is -0.370 e. The fourth-order valence-electron chi connectivity index (χ4n) is 3.16. The topological polar surface area (TPSA) is 69.7 Å². The maximum Gasteiger partial charge on any atom is 0.261 e. The second-order valence-electron chi connectivity index (χ2n) is 6.81. The van der Waals surface area contributed by atoms with Crippen LogP contribution in [-0.2, 0) is 14.8 Å². The number of carbonyl (C=O) groups is 1. The Labute approximate surface area is 160 Å². The molecule has 1 saturated heterocycles. The zero-order valence-electron chi connectivity index (χ0n) is 15.7. The van der Waals surface area contributed by atoms with Gasteiger partial charge in [-0.15, -0.1) is 0 Å². The Hall–Kier alpha value is -2.54. The van der Waals surface area contributed by atoms with Crippen LogP contribution in [0.5, 0.6) is 0 Å². The summed E-state index contributed by atoms with van der Waals surface area (Å²) in [6.07, 6.45) is 0.918. The van der Waals surface area contributed by atoms with Crippen LogP contribution in [0.25, 0.3) is 0 Å². The molecular weight excluding hydrogens is 362 g/mol. The van der Waals surface area contributed by atoms with Crippen LogP contribution in [0.2, 0.25) is 0 Å². The Morgan fingerprint density at radius 2 is 1.59 bits per heavy atom. The first kappa shape index (κ1) is 19.2. The smallest absolute Gasteiger partial charge is 0.261 e. The molecule has 0 radical (unpaired) electrons. The number of anilines is 2. The first-order valence-corrected chi connectivity index (χ1v) is 10.5. The summed E-state index contributed by atoms with van der Waals surface area (Å²) in [5.41, 5.74) is 2.57. The van der Waals surface area contributed by atoms with Gasteiger partial charge in [0.1, 0.15) is 0 Å². The van der Waals surface area contributed by atoms with Crippen LogP contribution in [0, 0.1) is 6.92 Å². The van der Waals surface area contributed by atoms with Crippen molar-refractivity contribution in [2.45, 2.75) is 25.2 Å². The van der Waals surface area contributed by atoms with Gasteiger partial charge in [0.05, 0.1) is 4.90 Å². The molecule has 0 atom stereocenters. The number of hydrogen-bond acceptors (Lipinski definition) is 4. The molecule has 0 bridgehead atoms. The summed E-state index contributed by atoms with van der Waals surface area (Å²) in [6, 6.07) is 14.1. The Balaban J connectivity index is 1.68. The van der Waals surface area contributed by atoms with Gasteiger partial charge in [0.2, 0.25) is 5.91 Å². The average molecular weight is 388 g/mol. The zero-order chi connectivity index (χ0) is 19.4. The highest BCUT2D eigenvalue weighted by atomic mass is 32.2. The highest BCUT2D eigenvalue weighted by Gasteiger charge is 2.17. The van der Waals surface area contributed by atoms with Crippen LogP contribution in [0.4, 0.5) is 11.4 Å².